The van der Waals surface area contributed by atoms with Crippen LogP contribution in [0.4, 0.5) is 5.69 Å². The number of ether oxygens (including phenoxy) is 1. The molecule has 0 spiro atoms. The summed E-state index contributed by atoms with van der Waals surface area (Å²) in [5, 5.41) is 5.52. The van der Waals surface area contributed by atoms with Crippen LogP contribution in [-0.2, 0) is 14.3 Å². The number of esters is 1. The molecule has 31 heavy (non-hydrogen) atoms. The van der Waals surface area contributed by atoms with E-state index >= 15 is 0 Å². The van der Waals surface area contributed by atoms with Crippen molar-refractivity contribution in [3.63, 3.8) is 0 Å². The second-order valence-corrected chi connectivity index (χ2v) is 6.66. The van der Waals surface area contributed by atoms with Crippen molar-refractivity contribution in [1.82, 2.24) is 5.32 Å². The van der Waals surface area contributed by atoms with Crippen molar-refractivity contribution in [2.24, 2.45) is 0 Å². The fraction of sp³-hybridized carbons (Fsp3) is 0.125. The molecular formula is C24H22N2O5. The number of amides is 2. The molecule has 0 saturated heterocycles. The molecular weight excluding hydrogens is 396 g/mol. The van der Waals surface area contributed by atoms with Gasteiger partial charge in [-0.05, 0) is 42.8 Å². The van der Waals surface area contributed by atoms with E-state index in [0.717, 1.165) is 5.56 Å². The van der Waals surface area contributed by atoms with Crippen molar-refractivity contribution in [2.75, 3.05) is 11.9 Å². The molecule has 7 heteroatoms. The van der Waals surface area contributed by atoms with Gasteiger partial charge in [0.15, 0.2) is 6.61 Å². The number of carbonyl (C=O) groups excluding carboxylic acids is 3. The molecule has 1 atom stereocenters. The third-order valence-electron chi connectivity index (χ3n) is 4.37. The minimum absolute atomic E-state index is 0.209. The molecule has 3 rings (SSSR count). The Balaban J connectivity index is 1.56. The molecule has 7 nitrogen and oxygen atoms in total. The van der Waals surface area contributed by atoms with E-state index in [1.54, 1.807) is 36.4 Å². The molecule has 0 fully saturated rings. The first-order valence-corrected chi connectivity index (χ1v) is 9.66. The third kappa shape index (κ3) is 6.43. The van der Waals surface area contributed by atoms with Gasteiger partial charge in [0.1, 0.15) is 5.76 Å². The lowest BCUT2D eigenvalue weighted by molar-refractivity contribution is -0.142. The summed E-state index contributed by atoms with van der Waals surface area (Å²) >= 11 is 0. The van der Waals surface area contributed by atoms with Gasteiger partial charge in [-0.25, -0.2) is 4.79 Å². The van der Waals surface area contributed by atoms with E-state index in [4.69, 9.17) is 9.15 Å². The smallest absolute Gasteiger partial charge is 0.331 e. The largest absolute Gasteiger partial charge is 0.465 e. The van der Waals surface area contributed by atoms with Crippen LogP contribution in [0.15, 0.2) is 83.5 Å². The lowest BCUT2D eigenvalue weighted by atomic mass is 10.1. The topological polar surface area (TPSA) is 97.6 Å². The third-order valence-corrected chi connectivity index (χ3v) is 4.37. The highest BCUT2D eigenvalue weighted by atomic mass is 16.5. The Morgan fingerprint density at radius 1 is 1.00 bits per heavy atom. The molecule has 0 aliphatic rings. The summed E-state index contributed by atoms with van der Waals surface area (Å²) in [5.74, 6) is -1.08. The number of hydrogen-bond donors (Lipinski definition) is 2. The summed E-state index contributed by atoms with van der Waals surface area (Å²) in [5.41, 5.74) is 1.60. The monoisotopic (exact) mass is 418 g/mol. The Kier molecular flexibility index (Phi) is 7.37. The quantitative estimate of drug-likeness (QED) is 0.426. The second-order valence-electron chi connectivity index (χ2n) is 6.66. The van der Waals surface area contributed by atoms with Crippen LogP contribution in [0, 0.1) is 0 Å². The van der Waals surface area contributed by atoms with Crippen molar-refractivity contribution in [1.29, 1.82) is 0 Å². The van der Waals surface area contributed by atoms with Crippen LogP contribution in [0.2, 0.25) is 0 Å². The van der Waals surface area contributed by atoms with Crippen LogP contribution in [0.25, 0.3) is 6.08 Å². The van der Waals surface area contributed by atoms with E-state index in [0.29, 0.717) is 17.0 Å². The number of benzene rings is 2. The van der Waals surface area contributed by atoms with Crippen LogP contribution in [0.1, 0.15) is 34.6 Å². The molecule has 0 aliphatic heterocycles. The van der Waals surface area contributed by atoms with Crippen LogP contribution in [-0.4, -0.2) is 24.4 Å². The van der Waals surface area contributed by atoms with E-state index < -0.39 is 18.5 Å². The molecule has 0 bridgehead atoms. The van der Waals surface area contributed by atoms with E-state index in [-0.39, 0.29) is 11.9 Å². The number of nitrogens with one attached hydrogen (secondary N) is 2. The van der Waals surface area contributed by atoms with E-state index in [1.807, 2.05) is 37.3 Å². The van der Waals surface area contributed by atoms with E-state index in [9.17, 15) is 14.4 Å². The van der Waals surface area contributed by atoms with Crippen molar-refractivity contribution in [2.45, 2.75) is 13.0 Å². The van der Waals surface area contributed by atoms with Gasteiger partial charge < -0.3 is 19.8 Å². The predicted molar refractivity (Wildman–Crippen MR) is 116 cm³/mol. The second kappa shape index (κ2) is 10.6. The summed E-state index contributed by atoms with van der Waals surface area (Å²) in [6.07, 6.45) is 4.08. The Hall–Kier alpha value is -4.13. The number of carbonyl (C=O) groups is 3. The molecule has 0 saturated carbocycles. The molecule has 1 aromatic heterocycles. The molecule has 1 heterocycles. The van der Waals surface area contributed by atoms with Crippen LogP contribution >= 0.6 is 0 Å². The Labute approximate surface area is 179 Å². The fourth-order valence-corrected chi connectivity index (χ4v) is 2.80. The number of hydrogen-bond acceptors (Lipinski definition) is 5. The van der Waals surface area contributed by atoms with Gasteiger partial charge in [0.25, 0.3) is 11.8 Å². The zero-order valence-electron chi connectivity index (χ0n) is 16.9. The maximum absolute atomic E-state index is 12.7. The summed E-state index contributed by atoms with van der Waals surface area (Å²) in [4.78, 5) is 36.7. The highest BCUT2D eigenvalue weighted by Crippen LogP contribution is 2.18. The maximum atomic E-state index is 12.7. The number of furan rings is 1. The summed E-state index contributed by atoms with van der Waals surface area (Å²) in [6, 6.07) is 19.3. The zero-order valence-corrected chi connectivity index (χ0v) is 16.9. The first-order chi connectivity index (χ1) is 15.0. The maximum Gasteiger partial charge on any atom is 0.331 e. The lowest BCUT2D eigenvalue weighted by Gasteiger charge is -2.16. The van der Waals surface area contributed by atoms with Crippen LogP contribution < -0.4 is 10.6 Å². The number of anilines is 1. The standard InChI is InChI=1S/C24H22N2O5/c1-17(18-8-3-2-4-9-18)25-24(29)20-11-5-6-12-21(20)26-22(27)16-31-23(28)14-13-19-10-7-15-30-19/h2-15,17H,16H2,1H3,(H,25,29)(H,26,27)/b14-13+/t17-/m1/s1. The first kappa shape index (κ1) is 21.6. The van der Waals surface area contributed by atoms with Gasteiger partial charge in [-0.3, -0.25) is 9.59 Å². The number of rotatable bonds is 8. The minimum atomic E-state index is -0.686. The summed E-state index contributed by atoms with van der Waals surface area (Å²) in [6.45, 7) is 1.39. The van der Waals surface area contributed by atoms with Crippen molar-refractivity contribution < 1.29 is 23.5 Å². The number of para-hydroxylation sites is 1. The molecule has 158 valence electrons. The van der Waals surface area contributed by atoms with Gasteiger partial charge in [-0.2, -0.15) is 0 Å². The molecule has 0 unspecified atom stereocenters. The summed E-state index contributed by atoms with van der Waals surface area (Å²) < 4.78 is 9.98. The Morgan fingerprint density at radius 2 is 1.74 bits per heavy atom. The van der Waals surface area contributed by atoms with Crippen LogP contribution in [0.5, 0.6) is 0 Å². The highest BCUT2D eigenvalue weighted by Gasteiger charge is 2.16. The highest BCUT2D eigenvalue weighted by molar-refractivity contribution is 6.04. The van der Waals surface area contributed by atoms with Crippen LogP contribution in [0.3, 0.4) is 0 Å². The molecule has 2 aromatic carbocycles. The molecule has 0 aliphatic carbocycles. The minimum Gasteiger partial charge on any atom is -0.465 e. The Morgan fingerprint density at radius 3 is 2.48 bits per heavy atom. The molecule has 3 aromatic rings. The van der Waals surface area contributed by atoms with Gasteiger partial charge >= 0.3 is 5.97 Å². The summed E-state index contributed by atoms with van der Waals surface area (Å²) in [7, 11) is 0. The van der Waals surface area contributed by atoms with E-state index in [1.165, 1.54) is 18.4 Å². The average molecular weight is 418 g/mol. The van der Waals surface area contributed by atoms with E-state index in [2.05, 4.69) is 10.6 Å². The molecule has 2 N–H and O–H groups in total. The van der Waals surface area contributed by atoms with Gasteiger partial charge in [-0.15, -0.1) is 0 Å². The van der Waals surface area contributed by atoms with Gasteiger partial charge in [0.05, 0.1) is 23.6 Å². The van der Waals surface area contributed by atoms with Gasteiger partial charge in [0, 0.05) is 6.08 Å². The molecule has 2 amide bonds. The van der Waals surface area contributed by atoms with Crippen molar-refractivity contribution in [3.05, 3.63) is 96.0 Å². The Bertz CT molecular complexity index is 1060. The van der Waals surface area contributed by atoms with Gasteiger partial charge in [0.2, 0.25) is 0 Å². The van der Waals surface area contributed by atoms with Gasteiger partial charge in [-0.1, -0.05) is 42.5 Å². The SMILES string of the molecule is C[C@@H](NC(=O)c1ccccc1NC(=O)COC(=O)/C=C/c1ccco1)c1ccccc1. The normalized spacial score (nSPS) is 11.6. The lowest BCUT2D eigenvalue weighted by Crippen LogP contribution is -2.28. The predicted octanol–water partition coefficient (Wildman–Crippen LogP) is 3.97. The molecule has 0 radical (unpaired) electrons. The fourth-order valence-electron chi connectivity index (χ4n) is 2.80. The first-order valence-electron chi connectivity index (χ1n) is 9.66. The average Bonchev–Trinajstić information content (AvgIpc) is 3.31. The van der Waals surface area contributed by atoms with Crippen molar-refractivity contribution in [3.8, 4) is 0 Å². The van der Waals surface area contributed by atoms with Crippen molar-refractivity contribution >= 4 is 29.5 Å². The zero-order chi connectivity index (χ0) is 22.1.